The summed E-state index contributed by atoms with van der Waals surface area (Å²) in [6, 6.07) is 11.0. The van der Waals surface area contributed by atoms with Crippen molar-refractivity contribution in [1.82, 2.24) is 20.2 Å². The lowest BCUT2D eigenvalue weighted by Gasteiger charge is -2.64. The largest absolute Gasteiger partial charge is 0.507 e. The van der Waals surface area contributed by atoms with E-state index in [1.54, 1.807) is 25.3 Å². The van der Waals surface area contributed by atoms with Gasteiger partial charge in [-0.05, 0) is 62.0 Å². The summed E-state index contributed by atoms with van der Waals surface area (Å²) < 4.78 is 6.29. The summed E-state index contributed by atoms with van der Waals surface area (Å²) in [4.78, 5) is 56.5. The number of piperidine rings is 1. The van der Waals surface area contributed by atoms with Gasteiger partial charge in [0.05, 0.1) is 16.7 Å². The van der Waals surface area contributed by atoms with Crippen molar-refractivity contribution in [3.8, 4) is 16.9 Å². The summed E-state index contributed by atoms with van der Waals surface area (Å²) in [7, 11) is 3.80. The number of likely N-dealkylation sites (tertiary alicyclic amines) is 1. The van der Waals surface area contributed by atoms with Crippen LogP contribution in [-0.4, -0.2) is 70.6 Å². The van der Waals surface area contributed by atoms with E-state index in [4.69, 9.17) is 4.74 Å². The van der Waals surface area contributed by atoms with E-state index in [0.717, 1.165) is 17.7 Å². The minimum atomic E-state index is -0.669. The first-order chi connectivity index (χ1) is 19.7. The summed E-state index contributed by atoms with van der Waals surface area (Å²) >= 11 is 0. The second-order valence-corrected chi connectivity index (χ2v) is 11.5. The Balaban J connectivity index is 1.22. The zero-order chi connectivity index (χ0) is 28.9. The van der Waals surface area contributed by atoms with Crippen molar-refractivity contribution in [3.05, 3.63) is 85.7 Å². The Morgan fingerprint density at radius 2 is 1.93 bits per heavy atom. The first-order valence-corrected chi connectivity index (χ1v) is 14.0. The number of phenols is 1. The third kappa shape index (κ3) is 4.24. The number of fused-ring (bicyclic) bond motifs is 1. The molecule has 3 aromatic rings. The van der Waals surface area contributed by atoms with Gasteiger partial charge in [-0.15, -0.1) is 0 Å². The standard InChI is InChI=1S/C31H34N4O6/c1-35-14-12-30-16-21(36)9-11-31(30,41-2)24(35)15-20-7-8-22(26(37)25(20)30)27(38)32-13-10-18-3-5-19(6-4-18)23-17-33-29(40)34-28(23)39/h3-8,17,24,37H,9-16H2,1-2H3,(H,32,38)(H2,33,34,39,40)/t24-,30?,31-/m1/s1. The molecule has 10 nitrogen and oxygen atoms in total. The van der Waals surface area contributed by atoms with E-state index in [9.17, 15) is 24.3 Å². The number of H-pyrrole nitrogens is 2. The van der Waals surface area contributed by atoms with Crippen LogP contribution < -0.4 is 16.6 Å². The number of Topliss-reactive ketones (excluding diaryl/α,β-unsaturated/α-hetero) is 1. The first-order valence-electron chi connectivity index (χ1n) is 14.0. The molecule has 1 amide bonds. The molecule has 3 atom stereocenters. The average molecular weight is 559 g/mol. The summed E-state index contributed by atoms with van der Waals surface area (Å²) in [5, 5.41) is 14.5. The van der Waals surface area contributed by atoms with Crippen LogP contribution in [-0.2, 0) is 27.8 Å². The molecule has 10 heteroatoms. The van der Waals surface area contributed by atoms with Crippen molar-refractivity contribution in [2.45, 2.75) is 55.6 Å². The third-order valence-corrected chi connectivity index (χ3v) is 9.59. The molecule has 1 aromatic heterocycles. The number of methoxy groups -OCH3 is 1. The molecule has 3 aliphatic rings. The molecule has 4 N–H and O–H groups in total. The lowest BCUT2D eigenvalue weighted by Crippen LogP contribution is -2.73. The Morgan fingerprint density at radius 1 is 1.15 bits per heavy atom. The fourth-order valence-electron chi connectivity index (χ4n) is 7.60. The Bertz CT molecular complexity index is 1640. The molecule has 0 spiro atoms. The van der Waals surface area contributed by atoms with E-state index in [1.807, 2.05) is 18.2 Å². The molecule has 1 saturated carbocycles. The molecule has 2 aliphatic carbocycles. The lowest BCUT2D eigenvalue weighted by atomic mass is 9.49. The monoisotopic (exact) mass is 558 g/mol. The van der Waals surface area contributed by atoms with Crippen LogP contribution >= 0.6 is 0 Å². The van der Waals surface area contributed by atoms with Crippen LogP contribution in [0.25, 0.3) is 11.1 Å². The Labute approximate surface area is 236 Å². The van der Waals surface area contributed by atoms with Crippen LogP contribution in [0.1, 0.15) is 52.7 Å². The molecule has 1 unspecified atom stereocenters. The van der Waals surface area contributed by atoms with Gasteiger partial charge < -0.3 is 25.0 Å². The van der Waals surface area contributed by atoms with Crippen molar-refractivity contribution in [3.63, 3.8) is 0 Å². The number of aromatic amines is 2. The highest BCUT2D eigenvalue weighted by Crippen LogP contribution is 2.60. The maximum Gasteiger partial charge on any atom is 0.325 e. The number of carbonyl (C=O) groups is 2. The maximum absolute atomic E-state index is 13.3. The summed E-state index contributed by atoms with van der Waals surface area (Å²) in [6.45, 7) is 1.13. The van der Waals surface area contributed by atoms with Crippen LogP contribution in [0.4, 0.5) is 0 Å². The normalized spacial score (nSPS) is 25.3. The number of aromatic hydroxyl groups is 1. The second kappa shape index (κ2) is 10.1. The van der Waals surface area contributed by atoms with E-state index < -0.39 is 22.3 Å². The number of hydrogen-bond acceptors (Lipinski definition) is 7. The number of nitrogens with one attached hydrogen (secondary N) is 3. The molecule has 1 aliphatic heterocycles. The van der Waals surface area contributed by atoms with Crippen LogP contribution in [0.3, 0.4) is 0 Å². The van der Waals surface area contributed by atoms with E-state index in [2.05, 4.69) is 27.2 Å². The first kappa shape index (κ1) is 27.2. The highest BCUT2D eigenvalue weighted by molar-refractivity contribution is 5.98. The number of carbonyl (C=O) groups excluding carboxylic acids is 2. The molecular weight excluding hydrogens is 524 g/mol. The summed E-state index contributed by atoms with van der Waals surface area (Å²) in [5.74, 6) is -0.257. The number of rotatable bonds is 6. The fourth-order valence-corrected chi connectivity index (χ4v) is 7.60. The molecule has 41 heavy (non-hydrogen) atoms. The zero-order valence-corrected chi connectivity index (χ0v) is 23.2. The molecule has 2 heterocycles. The molecule has 2 bridgehead atoms. The van der Waals surface area contributed by atoms with Gasteiger partial charge in [0.1, 0.15) is 11.5 Å². The zero-order valence-electron chi connectivity index (χ0n) is 23.2. The summed E-state index contributed by atoms with van der Waals surface area (Å²) in [6.07, 6.45) is 4.64. The Hall–Kier alpha value is -4.02. The van der Waals surface area contributed by atoms with Gasteiger partial charge in [-0.25, -0.2) is 4.79 Å². The number of likely N-dealkylation sites (N-methyl/N-ethyl adjacent to an activating group) is 1. The van der Waals surface area contributed by atoms with E-state index >= 15 is 0 Å². The van der Waals surface area contributed by atoms with Crippen LogP contribution in [0.2, 0.25) is 0 Å². The molecular formula is C31H34N4O6. The van der Waals surface area contributed by atoms with Crippen LogP contribution in [0.15, 0.2) is 52.2 Å². The van der Waals surface area contributed by atoms with E-state index in [-0.39, 0.29) is 29.0 Å². The van der Waals surface area contributed by atoms with Gasteiger partial charge in [-0.1, -0.05) is 30.3 Å². The van der Waals surface area contributed by atoms with Gasteiger partial charge in [0, 0.05) is 49.7 Å². The topological polar surface area (TPSA) is 145 Å². The number of phenolic OH excluding ortho intramolecular Hbond substituents is 1. The van der Waals surface area contributed by atoms with Gasteiger partial charge in [0.15, 0.2) is 0 Å². The smallest absolute Gasteiger partial charge is 0.325 e. The number of hydrogen-bond donors (Lipinski definition) is 4. The predicted octanol–water partition coefficient (Wildman–Crippen LogP) is 2.04. The summed E-state index contributed by atoms with van der Waals surface area (Å²) in [5.41, 5.74) is 1.56. The Morgan fingerprint density at radius 3 is 2.66 bits per heavy atom. The number of benzene rings is 2. The van der Waals surface area contributed by atoms with Gasteiger partial charge >= 0.3 is 5.69 Å². The second-order valence-electron chi connectivity index (χ2n) is 11.5. The number of aromatic nitrogens is 2. The minimum absolute atomic E-state index is 0.0467. The van der Waals surface area contributed by atoms with Crippen LogP contribution in [0.5, 0.6) is 5.75 Å². The Kier molecular flexibility index (Phi) is 6.70. The molecule has 0 radical (unpaired) electrons. The van der Waals surface area contributed by atoms with E-state index in [1.165, 1.54) is 6.20 Å². The number of amides is 1. The van der Waals surface area contributed by atoms with Crippen molar-refractivity contribution >= 4 is 11.7 Å². The average Bonchev–Trinajstić information content (AvgIpc) is 2.95. The highest BCUT2D eigenvalue weighted by Gasteiger charge is 2.66. The predicted molar refractivity (Wildman–Crippen MR) is 152 cm³/mol. The van der Waals surface area contributed by atoms with E-state index in [0.29, 0.717) is 61.8 Å². The minimum Gasteiger partial charge on any atom is -0.507 e. The van der Waals surface area contributed by atoms with Crippen molar-refractivity contribution in [1.29, 1.82) is 0 Å². The number of nitrogens with zero attached hydrogens (tertiary/aromatic N) is 1. The quantitative estimate of drug-likeness (QED) is 0.362. The van der Waals surface area contributed by atoms with Gasteiger partial charge in [0.2, 0.25) is 0 Å². The molecule has 1 saturated heterocycles. The highest BCUT2D eigenvalue weighted by atomic mass is 16.5. The van der Waals surface area contributed by atoms with Crippen LogP contribution in [0, 0.1) is 0 Å². The molecule has 2 aromatic carbocycles. The van der Waals surface area contributed by atoms with Crippen molar-refractivity contribution in [2.75, 3.05) is 27.2 Å². The van der Waals surface area contributed by atoms with Crippen molar-refractivity contribution < 1.29 is 19.4 Å². The molecule has 214 valence electrons. The molecule has 2 fully saturated rings. The third-order valence-electron chi connectivity index (χ3n) is 9.59. The lowest BCUT2D eigenvalue weighted by molar-refractivity contribution is -0.183. The van der Waals surface area contributed by atoms with Crippen molar-refractivity contribution in [2.24, 2.45) is 0 Å². The maximum atomic E-state index is 13.3. The number of ether oxygens (including phenoxy) is 1. The fraction of sp³-hybridized carbons (Fsp3) is 0.419. The van der Waals surface area contributed by atoms with Gasteiger partial charge in [-0.3, -0.25) is 19.4 Å². The molecule has 6 rings (SSSR count). The number of ketones is 1. The SMILES string of the molecule is CO[C@@]12CCC(=O)CC13CCN(C)[C@@H]2Cc1ccc(C(=O)NCCc2ccc(-c4c[nH]c(=O)[nH]c4=O)cc2)c(O)c13. The van der Waals surface area contributed by atoms with Gasteiger partial charge in [-0.2, -0.15) is 0 Å². The van der Waals surface area contributed by atoms with Gasteiger partial charge in [0.25, 0.3) is 11.5 Å².